The lowest BCUT2D eigenvalue weighted by Crippen LogP contribution is -2.18. The Kier molecular flexibility index (Phi) is 4.08. The van der Waals surface area contributed by atoms with Crippen LogP contribution in [0, 0.1) is 19.7 Å². The van der Waals surface area contributed by atoms with Crippen LogP contribution < -0.4 is 0 Å². The molecule has 0 amide bonds. The largest absolute Gasteiger partial charge is 0.481 e. The zero-order chi connectivity index (χ0) is 14.7. The lowest BCUT2D eigenvalue weighted by Gasteiger charge is -2.13. The number of aromatic nitrogens is 2. The Labute approximate surface area is 116 Å². The summed E-state index contributed by atoms with van der Waals surface area (Å²) >= 11 is 0. The van der Waals surface area contributed by atoms with Crippen molar-refractivity contribution in [1.82, 2.24) is 9.97 Å². The molecule has 0 saturated carbocycles. The lowest BCUT2D eigenvalue weighted by molar-refractivity contribution is -0.138. The van der Waals surface area contributed by atoms with Gasteiger partial charge >= 0.3 is 5.97 Å². The highest BCUT2D eigenvalue weighted by atomic mass is 19.1. The second-order valence-corrected chi connectivity index (χ2v) is 4.74. The standard InChI is InChI=1S/C15H15FN2O2/c1-9-4-3-5-11(6-9)7-12(15(19)20)14-13(16)10(2)17-8-18-14/h3-6,8,12H,7H2,1-2H3,(H,19,20). The van der Waals surface area contributed by atoms with Crippen LogP contribution in [-0.2, 0) is 11.2 Å². The van der Waals surface area contributed by atoms with E-state index in [1.807, 2.05) is 31.2 Å². The Morgan fingerprint density at radius 2 is 2.10 bits per heavy atom. The summed E-state index contributed by atoms with van der Waals surface area (Å²) in [5.41, 5.74) is 1.97. The van der Waals surface area contributed by atoms with Crippen LogP contribution in [0.3, 0.4) is 0 Å². The first-order valence-electron chi connectivity index (χ1n) is 6.24. The van der Waals surface area contributed by atoms with Gasteiger partial charge in [-0.25, -0.2) is 14.4 Å². The number of benzene rings is 1. The molecular weight excluding hydrogens is 259 g/mol. The normalized spacial score (nSPS) is 12.2. The molecular formula is C15H15FN2O2. The van der Waals surface area contributed by atoms with Crippen molar-refractivity contribution in [3.05, 3.63) is 58.9 Å². The van der Waals surface area contributed by atoms with Crippen LogP contribution >= 0.6 is 0 Å². The van der Waals surface area contributed by atoms with Gasteiger partial charge in [0.1, 0.15) is 12.2 Å². The van der Waals surface area contributed by atoms with E-state index in [0.29, 0.717) is 0 Å². The smallest absolute Gasteiger partial charge is 0.313 e. The molecule has 1 N–H and O–H groups in total. The van der Waals surface area contributed by atoms with Gasteiger partial charge in [-0.1, -0.05) is 29.8 Å². The Balaban J connectivity index is 2.37. The average Bonchev–Trinajstić information content (AvgIpc) is 2.39. The third kappa shape index (κ3) is 2.99. The van der Waals surface area contributed by atoms with Crippen LogP contribution in [0.4, 0.5) is 4.39 Å². The first-order valence-corrected chi connectivity index (χ1v) is 6.24. The molecule has 0 aliphatic carbocycles. The van der Waals surface area contributed by atoms with Crippen LogP contribution in [0.2, 0.25) is 0 Å². The van der Waals surface area contributed by atoms with E-state index in [1.54, 1.807) is 0 Å². The van der Waals surface area contributed by atoms with Gasteiger partial charge in [0.25, 0.3) is 0 Å². The molecule has 20 heavy (non-hydrogen) atoms. The number of aliphatic carboxylic acids is 1. The van der Waals surface area contributed by atoms with Crippen LogP contribution in [0.5, 0.6) is 0 Å². The molecule has 4 nitrogen and oxygen atoms in total. The maximum Gasteiger partial charge on any atom is 0.313 e. The molecule has 0 fully saturated rings. The minimum Gasteiger partial charge on any atom is -0.481 e. The minimum absolute atomic E-state index is 0.0634. The maximum atomic E-state index is 14.0. The van der Waals surface area contributed by atoms with Gasteiger partial charge in [0.05, 0.1) is 11.4 Å². The van der Waals surface area contributed by atoms with E-state index in [0.717, 1.165) is 11.1 Å². The quantitative estimate of drug-likeness (QED) is 0.931. The van der Waals surface area contributed by atoms with E-state index in [2.05, 4.69) is 9.97 Å². The molecule has 0 saturated heterocycles. The topological polar surface area (TPSA) is 63.1 Å². The summed E-state index contributed by atoms with van der Waals surface area (Å²) in [4.78, 5) is 19.0. The number of rotatable bonds is 4. The number of carbonyl (C=O) groups is 1. The van der Waals surface area contributed by atoms with Crippen molar-refractivity contribution in [3.63, 3.8) is 0 Å². The Morgan fingerprint density at radius 3 is 2.75 bits per heavy atom. The van der Waals surface area contributed by atoms with Gasteiger partial charge < -0.3 is 5.11 Å². The third-order valence-electron chi connectivity index (χ3n) is 3.14. The summed E-state index contributed by atoms with van der Waals surface area (Å²) in [6, 6.07) is 7.50. The highest BCUT2D eigenvalue weighted by molar-refractivity contribution is 5.76. The van der Waals surface area contributed by atoms with Crippen LogP contribution in [0.25, 0.3) is 0 Å². The van der Waals surface area contributed by atoms with Gasteiger partial charge in [0, 0.05) is 0 Å². The van der Waals surface area contributed by atoms with Gasteiger partial charge in [0.2, 0.25) is 0 Å². The van der Waals surface area contributed by atoms with Gasteiger partial charge in [-0.2, -0.15) is 0 Å². The van der Waals surface area contributed by atoms with Crippen molar-refractivity contribution in [2.45, 2.75) is 26.2 Å². The molecule has 5 heteroatoms. The van der Waals surface area contributed by atoms with Crippen LogP contribution in [-0.4, -0.2) is 21.0 Å². The van der Waals surface area contributed by atoms with Crippen molar-refractivity contribution < 1.29 is 14.3 Å². The predicted octanol–water partition coefficient (Wildman–Crippen LogP) is 2.64. The Hall–Kier alpha value is -2.30. The number of aryl methyl sites for hydroxylation is 2. The monoisotopic (exact) mass is 274 g/mol. The van der Waals surface area contributed by atoms with E-state index in [-0.39, 0.29) is 17.8 Å². The molecule has 1 unspecified atom stereocenters. The van der Waals surface area contributed by atoms with Crippen molar-refractivity contribution in [1.29, 1.82) is 0 Å². The molecule has 0 spiro atoms. The molecule has 0 aliphatic rings. The van der Waals surface area contributed by atoms with Crippen molar-refractivity contribution >= 4 is 5.97 Å². The lowest BCUT2D eigenvalue weighted by atomic mass is 9.94. The summed E-state index contributed by atoms with van der Waals surface area (Å²) in [6.07, 6.45) is 1.39. The zero-order valence-corrected chi connectivity index (χ0v) is 11.3. The van der Waals surface area contributed by atoms with E-state index in [4.69, 9.17) is 0 Å². The Bertz CT molecular complexity index is 644. The maximum absolute atomic E-state index is 14.0. The van der Waals surface area contributed by atoms with Crippen molar-refractivity contribution in [2.24, 2.45) is 0 Å². The van der Waals surface area contributed by atoms with Gasteiger partial charge in [-0.3, -0.25) is 4.79 Å². The summed E-state index contributed by atoms with van der Waals surface area (Å²) < 4.78 is 14.0. The highest BCUT2D eigenvalue weighted by Crippen LogP contribution is 2.23. The zero-order valence-electron chi connectivity index (χ0n) is 11.3. The number of nitrogens with zero attached hydrogens (tertiary/aromatic N) is 2. The van der Waals surface area contributed by atoms with Crippen molar-refractivity contribution in [3.8, 4) is 0 Å². The average molecular weight is 274 g/mol. The van der Waals surface area contributed by atoms with Gasteiger partial charge in [-0.05, 0) is 25.8 Å². The molecule has 1 aromatic carbocycles. The molecule has 0 aliphatic heterocycles. The molecule has 1 atom stereocenters. The Morgan fingerprint density at radius 1 is 1.35 bits per heavy atom. The van der Waals surface area contributed by atoms with Crippen LogP contribution in [0.1, 0.15) is 28.4 Å². The fourth-order valence-electron chi connectivity index (χ4n) is 2.10. The first kappa shape index (κ1) is 14.1. The van der Waals surface area contributed by atoms with E-state index in [9.17, 15) is 14.3 Å². The van der Waals surface area contributed by atoms with Crippen molar-refractivity contribution in [2.75, 3.05) is 0 Å². The van der Waals surface area contributed by atoms with Crippen LogP contribution in [0.15, 0.2) is 30.6 Å². The SMILES string of the molecule is Cc1cccc(CC(C(=O)O)c2ncnc(C)c2F)c1. The van der Waals surface area contributed by atoms with Gasteiger partial charge in [0.15, 0.2) is 5.82 Å². The van der Waals surface area contributed by atoms with E-state index >= 15 is 0 Å². The second kappa shape index (κ2) is 5.77. The summed E-state index contributed by atoms with van der Waals surface area (Å²) in [7, 11) is 0. The minimum atomic E-state index is -1.09. The fraction of sp³-hybridized carbons (Fsp3) is 0.267. The van der Waals surface area contributed by atoms with Gasteiger partial charge in [-0.15, -0.1) is 0 Å². The molecule has 0 bridgehead atoms. The molecule has 0 radical (unpaired) electrons. The third-order valence-corrected chi connectivity index (χ3v) is 3.14. The molecule has 104 valence electrons. The molecule has 1 aromatic heterocycles. The molecule has 2 aromatic rings. The molecule has 2 rings (SSSR count). The fourth-order valence-corrected chi connectivity index (χ4v) is 2.10. The highest BCUT2D eigenvalue weighted by Gasteiger charge is 2.26. The number of carboxylic acid groups (broad SMARTS) is 1. The predicted molar refractivity (Wildman–Crippen MR) is 72.0 cm³/mol. The number of hydrogen-bond donors (Lipinski definition) is 1. The number of carboxylic acids is 1. The summed E-state index contributed by atoms with van der Waals surface area (Å²) in [5.74, 6) is -2.76. The number of hydrogen-bond acceptors (Lipinski definition) is 3. The van der Waals surface area contributed by atoms with E-state index < -0.39 is 17.7 Å². The summed E-state index contributed by atoms with van der Waals surface area (Å²) in [6.45, 7) is 3.42. The summed E-state index contributed by atoms with van der Waals surface area (Å²) in [5, 5.41) is 9.35. The number of halogens is 1. The second-order valence-electron chi connectivity index (χ2n) is 4.74. The molecule has 1 heterocycles. The first-order chi connectivity index (χ1) is 9.49. The van der Waals surface area contributed by atoms with E-state index in [1.165, 1.54) is 13.3 Å².